The number of methoxy groups -OCH3 is 1. The number of ether oxygens (including phenoxy) is 1. The summed E-state index contributed by atoms with van der Waals surface area (Å²) in [5.74, 6) is -1.35. The number of carbonyl (C=O) groups excluding carboxylic acids is 3. The molecule has 6 heteroatoms. The second-order valence-corrected chi connectivity index (χ2v) is 6.89. The van der Waals surface area contributed by atoms with Crippen molar-refractivity contribution >= 4 is 39.7 Å². The van der Waals surface area contributed by atoms with Gasteiger partial charge in [-0.3, -0.25) is 9.59 Å². The van der Waals surface area contributed by atoms with Gasteiger partial charge in [-0.05, 0) is 29.8 Å². The highest BCUT2D eigenvalue weighted by Crippen LogP contribution is 2.32. The molecular weight excluding hydrogens is 380 g/mol. The van der Waals surface area contributed by atoms with E-state index in [0.29, 0.717) is 16.8 Å². The van der Waals surface area contributed by atoms with Crippen molar-refractivity contribution in [2.45, 2.75) is 6.92 Å². The Hall–Kier alpha value is -4.06. The highest BCUT2D eigenvalue weighted by molar-refractivity contribution is 6.38. The first kappa shape index (κ1) is 19.3. The third-order valence-electron chi connectivity index (χ3n) is 5.03. The van der Waals surface area contributed by atoms with E-state index in [0.717, 1.165) is 10.8 Å². The number of rotatable bonds is 3. The van der Waals surface area contributed by atoms with Crippen LogP contribution < -0.4 is 5.73 Å². The Bertz CT molecular complexity index is 1300. The van der Waals surface area contributed by atoms with Crippen LogP contribution in [0.5, 0.6) is 0 Å². The first-order chi connectivity index (χ1) is 14.4. The van der Waals surface area contributed by atoms with Crippen LogP contribution in [0.15, 0.2) is 76.9 Å². The zero-order valence-electron chi connectivity index (χ0n) is 16.4. The number of aliphatic imine (C=N–C) groups is 1. The summed E-state index contributed by atoms with van der Waals surface area (Å²) in [4.78, 5) is 42.2. The minimum Gasteiger partial charge on any atom is -0.465 e. The summed E-state index contributed by atoms with van der Waals surface area (Å²) in [6.45, 7) is 1.33. The fourth-order valence-corrected chi connectivity index (χ4v) is 3.60. The van der Waals surface area contributed by atoms with Crippen molar-refractivity contribution in [2.24, 2.45) is 10.7 Å². The maximum absolute atomic E-state index is 12.7. The summed E-state index contributed by atoms with van der Waals surface area (Å²) in [7, 11) is 1.29. The molecule has 0 atom stereocenters. The van der Waals surface area contributed by atoms with Gasteiger partial charge < -0.3 is 10.5 Å². The predicted octanol–water partition coefficient (Wildman–Crippen LogP) is 3.75. The van der Waals surface area contributed by atoms with Crippen LogP contribution in [0.1, 0.15) is 33.2 Å². The Morgan fingerprint density at radius 1 is 0.933 bits per heavy atom. The van der Waals surface area contributed by atoms with Crippen molar-refractivity contribution in [3.8, 4) is 0 Å². The van der Waals surface area contributed by atoms with Gasteiger partial charge in [0.15, 0.2) is 5.78 Å². The molecule has 0 unspecified atom stereocenters. The van der Waals surface area contributed by atoms with Crippen molar-refractivity contribution in [1.29, 1.82) is 0 Å². The van der Waals surface area contributed by atoms with Crippen molar-refractivity contribution in [3.63, 3.8) is 0 Å². The lowest BCUT2D eigenvalue weighted by Gasteiger charge is -2.20. The number of esters is 1. The predicted molar refractivity (Wildman–Crippen MR) is 114 cm³/mol. The first-order valence-corrected chi connectivity index (χ1v) is 9.27. The number of carbonyl (C=O) groups is 3. The molecule has 0 bridgehead atoms. The molecule has 0 aromatic heterocycles. The van der Waals surface area contributed by atoms with Gasteiger partial charge in [0.05, 0.1) is 35.3 Å². The van der Waals surface area contributed by atoms with E-state index in [-0.39, 0.29) is 28.3 Å². The van der Waals surface area contributed by atoms with Gasteiger partial charge in [-0.15, -0.1) is 0 Å². The zero-order valence-corrected chi connectivity index (χ0v) is 16.4. The highest BCUT2D eigenvalue weighted by atomic mass is 16.5. The highest BCUT2D eigenvalue weighted by Gasteiger charge is 2.31. The van der Waals surface area contributed by atoms with Crippen LogP contribution in [0.3, 0.4) is 0 Å². The SMILES string of the molecule is COC(=O)c1cc2ccccc2cc1N=C1C(C(C)=O)=C(N)C(=O)c2ccccc21. The summed E-state index contributed by atoms with van der Waals surface area (Å²) in [5, 5.41) is 1.72. The second-order valence-electron chi connectivity index (χ2n) is 6.89. The van der Waals surface area contributed by atoms with Crippen LogP contribution in [0.2, 0.25) is 0 Å². The fourth-order valence-electron chi connectivity index (χ4n) is 3.60. The normalized spacial score (nSPS) is 14.7. The van der Waals surface area contributed by atoms with E-state index >= 15 is 0 Å². The number of allylic oxidation sites excluding steroid dienone is 2. The Balaban J connectivity index is 2.06. The molecule has 2 N–H and O–H groups in total. The number of fused-ring (bicyclic) bond motifs is 2. The summed E-state index contributed by atoms with van der Waals surface area (Å²) in [6.07, 6.45) is 0. The quantitative estimate of drug-likeness (QED) is 0.678. The van der Waals surface area contributed by atoms with Gasteiger partial charge >= 0.3 is 5.97 Å². The molecule has 4 rings (SSSR count). The standard InChI is InChI=1S/C24H18N2O4/c1-13(27)20-21(25)23(28)17-10-6-5-9-16(17)22(20)26-19-12-15-8-4-3-7-14(15)11-18(19)24(29)30-2/h3-12H,25H2,1-2H3. The van der Waals surface area contributed by atoms with Gasteiger partial charge in [0.2, 0.25) is 5.78 Å². The molecular formula is C24H18N2O4. The van der Waals surface area contributed by atoms with E-state index in [2.05, 4.69) is 4.99 Å². The van der Waals surface area contributed by atoms with Crippen LogP contribution in [0.25, 0.3) is 10.8 Å². The maximum Gasteiger partial charge on any atom is 0.340 e. The Morgan fingerprint density at radius 3 is 2.17 bits per heavy atom. The molecule has 0 aliphatic heterocycles. The zero-order chi connectivity index (χ0) is 21.4. The molecule has 6 nitrogen and oxygen atoms in total. The van der Waals surface area contributed by atoms with E-state index in [1.165, 1.54) is 14.0 Å². The van der Waals surface area contributed by atoms with Gasteiger partial charge in [-0.25, -0.2) is 9.79 Å². The Labute approximate surface area is 172 Å². The van der Waals surface area contributed by atoms with Gasteiger partial charge in [0.25, 0.3) is 0 Å². The summed E-state index contributed by atoms with van der Waals surface area (Å²) in [6, 6.07) is 17.8. The lowest BCUT2D eigenvalue weighted by molar-refractivity contribution is -0.113. The summed E-state index contributed by atoms with van der Waals surface area (Å²) < 4.78 is 4.93. The molecule has 0 fully saturated rings. The summed E-state index contributed by atoms with van der Waals surface area (Å²) >= 11 is 0. The fraction of sp³-hybridized carbons (Fsp3) is 0.0833. The molecule has 148 valence electrons. The summed E-state index contributed by atoms with van der Waals surface area (Å²) in [5.41, 5.74) is 7.61. The number of nitrogens with zero attached hydrogens (tertiary/aromatic N) is 1. The largest absolute Gasteiger partial charge is 0.465 e. The maximum atomic E-state index is 12.7. The van der Waals surface area contributed by atoms with Crippen molar-refractivity contribution in [2.75, 3.05) is 7.11 Å². The molecule has 3 aromatic carbocycles. The Kier molecular flexibility index (Phi) is 4.75. The van der Waals surface area contributed by atoms with Gasteiger partial charge in [0.1, 0.15) is 0 Å². The number of Topliss-reactive ketones (excluding diaryl/α,β-unsaturated/α-hetero) is 2. The number of nitrogens with two attached hydrogens (primary N) is 1. The minimum atomic E-state index is -0.554. The van der Waals surface area contributed by atoms with E-state index in [1.54, 1.807) is 36.4 Å². The topological polar surface area (TPSA) is 98.8 Å². The minimum absolute atomic E-state index is 0.0441. The molecule has 30 heavy (non-hydrogen) atoms. The van der Waals surface area contributed by atoms with Crippen molar-refractivity contribution in [3.05, 3.63) is 88.6 Å². The number of hydrogen-bond acceptors (Lipinski definition) is 6. The van der Waals surface area contributed by atoms with E-state index in [4.69, 9.17) is 10.5 Å². The van der Waals surface area contributed by atoms with Crippen LogP contribution in [0.4, 0.5) is 5.69 Å². The monoisotopic (exact) mass is 398 g/mol. The molecule has 0 radical (unpaired) electrons. The molecule has 0 saturated carbocycles. The molecule has 1 aliphatic rings. The van der Waals surface area contributed by atoms with E-state index in [9.17, 15) is 14.4 Å². The van der Waals surface area contributed by atoms with Crippen molar-refractivity contribution in [1.82, 2.24) is 0 Å². The number of benzene rings is 3. The van der Waals surface area contributed by atoms with Crippen LogP contribution in [-0.2, 0) is 9.53 Å². The molecule has 0 saturated heterocycles. The molecule has 0 heterocycles. The molecule has 0 spiro atoms. The molecule has 3 aromatic rings. The van der Waals surface area contributed by atoms with Crippen LogP contribution in [-0.4, -0.2) is 30.4 Å². The molecule has 1 aliphatic carbocycles. The number of ketones is 2. The van der Waals surface area contributed by atoms with Crippen LogP contribution in [0, 0.1) is 0 Å². The smallest absolute Gasteiger partial charge is 0.340 e. The van der Waals surface area contributed by atoms with Gasteiger partial charge in [-0.2, -0.15) is 0 Å². The Morgan fingerprint density at radius 2 is 1.53 bits per heavy atom. The average Bonchev–Trinajstić information content (AvgIpc) is 2.76. The average molecular weight is 398 g/mol. The third kappa shape index (κ3) is 3.08. The van der Waals surface area contributed by atoms with E-state index in [1.807, 2.05) is 24.3 Å². The van der Waals surface area contributed by atoms with Crippen molar-refractivity contribution < 1.29 is 19.1 Å². The van der Waals surface area contributed by atoms with Gasteiger partial charge in [-0.1, -0.05) is 48.5 Å². The first-order valence-electron chi connectivity index (χ1n) is 9.27. The lowest BCUT2D eigenvalue weighted by Crippen LogP contribution is -2.29. The van der Waals surface area contributed by atoms with E-state index < -0.39 is 11.8 Å². The molecule has 0 amide bonds. The third-order valence-corrected chi connectivity index (χ3v) is 5.03. The second kappa shape index (κ2) is 7.40. The van der Waals surface area contributed by atoms with Crippen LogP contribution >= 0.6 is 0 Å². The number of hydrogen-bond donors (Lipinski definition) is 1. The van der Waals surface area contributed by atoms with Gasteiger partial charge in [0, 0.05) is 11.1 Å². The lowest BCUT2D eigenvalue weighted by atomic mass is 9.85.